The molecule has 0 saturated carbocycles. The van der Waals surface area contributed by atoms with E-state index >= 15 is 0 Å². The minimum atomic E-state index is -0.466. The van der Waals surface area contributed by atoms with Crippen LogP contribution in [-0.4, -0.2) is 23.5 Å². The lowest BCUT2D eigenvalue weighted by atomic mass is 10.1. The second-order valence-corrected chi connectivity index (χ2v) is 3.70. The van der Waals surface area contributed by atoms with Crippen molar-refractivity contribution in [1.82, 2.24) is 4.98 Å². The van der Waals surface area contributed by atoms with Gasteiger partial charge in [0.15, 0.2) is 0 Å². The Kier molecular flexibility index (Phi) is 5.42. The molecule has 3 N–H and O–H groups in total. The Hall–Kier alpha value is -1.62. The van der Waals surface area contributed by atoms with Gasteiger partial charge in [-0.05, 0) is 19.4 Å². The van der Waals surface area contributed by atoms with Crippen LogP contribution in [0, 0.1) is 0 Å². The molecule has 0 spiro atoms. The number of hydrogen-bond donors (Lipinski definition) is 2. The molecule has 0 aromatic carbocycles. The van der Waals surface area contributed by atoms with Gasteiger partial charge in [-0.3, -0.25) is 4.79 Å². The summed E-state index contributed by atoms with van der Waals surface area (Å²) in [4.78, 5) is 15.7. The quantitative estimate of drug-likeness (QED) is 0.787. The number of carbonyl (C=O) groups is 1. The van der Waals surface area contributed by atoms with Crippen LogP contribution >= 0.6 is 0 Å². The summed E-state index contributed by atoms with van der Waals surface area (Å²) in [6.07, 6.45) is 3.12. The van der Waals surface area contributed by atoms with Crippen LogP contribution in [0.15, 0.2) is 18.3 Å². The zero-order valence-electron chi connectivity index (χ0n) is 10.3. The average Bonchev–Trinajstić information content (AvgIpc) is 2.32. The van der Waals surface area contributed by atoms with E-state index in [1.54, 1.807) is 18.3 Å². The van der Waals surface area contributed by atoms with Gasteiger partial charge < -0.3 is 15.8 Å². The number of carbonyl (C=O) groups excluding carboxylic acids is 1. The molecule has 0 unspecified atom stereocenters. The van der Waals surface area contributed by atoms with E-state index in [4.69, 9.17) is 10.5 Å². The number of hydrogen-bond acceptors (Lipinski definition) is 4. The summed E-state index contributed by atoms with van der Waals surface area (Å²) < 4.78 is 5.20. The fraction of sp³-hybridized carbons (Fsp3) is 0.500. The highest BCUT2D eigenvalue weighted by Gasteiger charge is 2.12. The van der Waals surface area contributed by atoms with E-state index in [1.807, 2.05) is 13.8 Å². The summed E-state index contributed by atoms with van der Waals surface area (Å²) in [6, 6.07) is 2.99. The molecule has 1 heterocycles. The first-order chi connectivity index (χ1) is 8.17. The van der Waals surface area contributed by atoms with Crippen LogP contribution < -0.4 is 15.8 Å². The molecule has 1 atom stereocenters. The highest BCUT2D eigenvalue weighted by atomic mass is 16.5. The van der Waals surface area contributed by atoms with Crippen molar-refractivity contribution in [3.8, 4) is 5.88 Å². The van der Waals surface area contributed by atoms with E-state index in [9.17, 15) is 4.79 Å². The third kappa shape index (κ3) is 4.40. The minimum absolute atomic E-state index is 0.183. The molecule has 0 aliphatic carbocycles. The third-order valence-electron chi connectivity index (χ3n) is 2.23. The molecule has 0 fully saturated rings. The number of ether oxygens (including phenoxy) is 1. The van der Waals surface area contributed by atoms with Crippen LogP contribution in [0.5, 0.6) is 5.88 Å². The lowest BCUT2D eigenvalue weighted by Gasteiger charge is -2.11. The zero-order valence-corrected chi connectivity index (χ0v) is 10.3. The van der Waals surface area contributed by atoms with E-state index < -0.39 is 6.04 Å². The van der Waals surface area contributed by atoms with Crippen molar-refractivity contribution in [3.63, 3.8) is 0 Å². The van der Waals surface area contributed by atoms with Crippen molar-refractivity contribution < 1.29 is 9.53 Å². The van der Waals surface area contributed by atoms with Crippen LogP contribution in [0.2, 0.25) is 0 Å². The normalized spacial score (nSPS) is 11.9. The molecule has 0 saturated heterocycles. The summed E-state index contributed by atoms with van der Waals surface area (Å²) in [5.41, 5.74) is 6.33. The molecule has 5 heteroatoms. The van der Waals surface area contributed by atoms with E-state index in [0.717, 1.165) is 6.42 Å². The number of nitrogens with two attached hydrogens (primary N) is 1. The topological polar surface area (TPSA) is 77.2 Å². The third-order valence-corrected chi connectivity index (χ3v) is 2.23. The smallest absolute Gasteiger partial charge is 0.241 e. The number of anilines is 1. The van der Waals surface area contributed by atoms with Crippen molar-refractivity contribution >= 4 is 11.6 Å². The standard InChI is InChI=1S/C12H19N3O2/c1-3-5-10(13)12(16)15-9-6-7-11(14-8-9)17-4-2/h6-8,10H,3-5,13H2,1-2H3,(H,15,16)/t10-/m0/s1. The van der Waals surface area contributed by atoms with Crippen LogP contribution in [0.4, 0.5) is 5.69 Å². The van der Waals surface area contributed by atoms with Gasteiger partial charge in [-0.25, -0.2) is 4.98 Å². The maximum Gasteiger partial charge on any atom is 0.241 e. The molecule has 0 bridgehead atoms. The van der Waals surface area contributed by atoms with Gasteiger partial charge in [0.2, 0.25) is 11.8 Å². The van der Waals surface area contributed by atoms with Crippen LogP contribution in [-0.2, 0) is 4.79 Å². The van der Waals surface area contributed by atoms with Crippen molar-refractivity contribution in [2.75, 3.05) is 11.9 Å². The molecule has 1 aromatic heterocycles. The Labute approximate surface area is 101 Å². The molecular weight excluding hydrogens is 218 g/mol. The first-order valence-corrected chi connectivity index (χ1v) is 5.82. The molecular formula is C12H19N3O2. The second kappa shape index (κ2) is 6.85. The number of amides is 1. The maximum atomic E-state index is 11.6. The fourth-order valence-corrected chi connectivity index (χ4v) is 1.36. The van der Waals surface area contributed by atoms with E-state index in [-0.39, 0.29) is 5.91 Å². The predicted octanol–water partition coefficient (Wildman–Crippen LogP) is 1.55. The lowest BCUT2D eigenvalue weighted by molar-refractivity contribution is -0.117. The first-order valence-electron chi connectivity index (χ1n) is 5.82. The van der Waals surface area contributed by atoms with E-state index in [2.05, 4.69) is 10.3 Å². The molecule has 1 aromatic rings. The largest absolute Gasteiger partial charge is 0.478 e. The fourth-order valence-electron chi connectivity index (χ4n) is 1.36. The van der Waals surface area contributed by atoms with Gasteiger partial charge in [0.25, 0.3) is 0 Å². The van der Waals surface area contributed by atoms with E-state index in [1.165, 1.54) is 0 Å². The van der Waals surface area contributed by atoms with Gasteiger partial charge in [0.05, 0.1) is 24.5 Å². The summed E-state index contributed by atoms with van der Waals surface area (Å²) in [6.45, 7) is 4.45. The summed E-state index contributed by atoms with van der Waals surface area (Å²) in [5, 5.41) is 2.71. The Morgan fingerprint density at radius 1 is 1.53 bits per heavy atom. The number of nitrogens with zero attached hydrogens (tertiary/aromatic N) is 1. The van der Waals surface area contributed by atoms with Gasteiger partial charge in [0, 0.05) is 6.07 Å². The average molecular weight is 237 g/mol. The SMILES string of the molecule is CCC[C@H](N)C(=O)Nc1ccc(OCC)nc1. The predicted molar refractivity (Wildman–Crippen MR) is 66.9 cm³/mol. The van der Waals surface area contributed by atoms with Crippen LogP contribution in [0.25, 0.3) is 0 Å². The van der Waals surface area contributed by atoms with E-state index in [0.29, 0.717) is 24.6 Å². The zero-order chi connectivity index (χ0) is 12.7. The van der Waals surface area contributed by atoms with Gasteiger partial charge in [-0.15, -0.1) is 0 Å². The Morgan fingerprint density at radius 3 is 2.82 bits per heavy atom. The Bertz CT molecular complexity index is 351. The molecule has 94 valence electrons. The van der Waals surface area contributed by atoms with Crippen molar-refractivity contribution in [3.05, 3.63) is 18.3 Å². The summed E-state index contributed by atoms with van der Waals surface area (Å²) >= 11 is 0. The lowest BCUT2D eigenvalue weighted by Crippen LogP contribution is -2.35. The highest BCUT2D eigenvalue weighted by Crippen LogP contribution is 2.11. The van der Waals surface area contributed by atoms with Crippen molar-refractivity contribution in [2.24, 2.45) is 5.73 Å². The monoisotopic (exact) mass is 237 g/mol. The number of rotatable bonds is 6. The molecule has 0 aliphatic rings. The van der Waals surface area contributed by atoms with Gasteiger partial charge in [-0.2, -0.15) is 0 Å². The number of pyridine rings is 1. The second-order valence-electron chi connectivity index (χ2n) is 3.70. The Morgan fingerprint density at radius 2 is 2.29 bits per heavy atom. The number of aromatic nitrogens is 1. The first kappa shape index (κ1) is 13.4. The summed E-state index contributed by atoms with van der Waals surface area (Å²) in [5.74, 6) is 0.362. The van der Waals surface area contributed by atoms with Crippen molar-refractivity contribution in [1.29, 1.82) is 0 Å². The number of nitrogens with one attached hydrogen (secondary N) is 1. The molecule has 0 aliphatic heterocycles. The minimum Gasteiger partial charge on any atom is -0.478 e. The molecule has 1 rings (SSSR count). The maximum absolute atomic E-state index is 11.6. The Balaban J connectivity index is 2.53. The van der Waals surface area contributed by atoms with Crippen molar-refractivity contribution in [2.45, 2.75) is 32.7 Å². The van der Waals surface area contributed by atoms with Crippen LogP contribution in [0.1, 0.15) is 26.7 Å². The van der Waals surface area contributed by atoms with Crippen LogP contribution in [0.3, 0.4) is 0 Å². The van der Waals surface area contributed by atoms with Gasteiger partial charge >= 0.3 is 0 Å². The molecule has 17 heavy (non-hydrogen) atoms. The highest BCUT2D eigenvalue weighted by molar-refractivity contribution is 5.94. The molecule has 1 amide bonds. The molecule has 0 radical (unpaired) electrons. The van der Waals surface area contributed by atoms with Gasteiger partial charge in [0.1, 0.15) is 0 Å². The molecule has 5 nitrogen and oxygen atoms in total. The van der Waals surface area contributed by atoms with Gasteiger partial charge in [-0.1, -0.05) is 13.3 Å². The summed E-state index contributed by atoms with van der Waals surface area (Å²) in [7, 11) is 0.